The van der Waals surface area contributed by atoms with Gasteiger partial charge in [-0.2, -0.15) is 0 Å². The van der Waals surface area contributed by atoms with E-state index in [0.717, 1.165) is 17.7 Å². The first-order valence-electron chi connectivity index (χ1n) is 8.95. The highest BCUT2D eigenvalue weighted by molar-refractivity contribution is 6.09. The monoisotopic (exact) mass is 337 g/mol. The molecule has 6 nitrogen and oxygen atoms in total. The van der Waals surface area contributed by atoms with Crippen LogP contribution in [0, 0.1) is 17.3 Å². The summed E-state index contributed by atoms with van der Waals surface area (Å²) in [5.41, 5.74) is -0.841. The standard InChI is InChI=1S/C18H31N3O3/c1-12(2)6-7-19-14(22)10-21-15(23)18(20-16(21)24)9-13(3)8-17(4,5)11-18/h12-13H,6-11H2,1-5H3,(H,19,22)(H,20,24). The Hall–Kier alpha value is -1.59. The van der Waals surface area contributed by atoms with E-state index in [1.807, 2.05) is 0 Å². The number of urea groups is 1. The summed E-state index contributed by atoms with van der Waals surface area (Å²) in [5.74, 6) is 0.333. The maximum Gasteiger partial charge on any atom is 0.325 e. The molecule has 2 atom stereocenters. The average molecular weight is 337 g/mol. The van der Waals surface area contributed by atoms with Gasteiger partial charge in [-0.15, -0.1) is 0 Å². The molecule has 6 heteroatoms. The van der Waals surface area contributed by atoms with Gasteiger partial charge in [0.05, 0.1) is 0 Å². The normalized spacial score (nSPS) is 29.2. The number of nitrogens with zero attached hydrogens (tertiary/aromatic N) is 1. The van der Waals surface area contributed by atoms with Crippen molar-refractivity contribution < 1.29 is 14.4 Å². The molecule has 2 N–H and O–H groups in total. The predicted molar refractivity (Wildman–Crippen MR) is 92.2 cm³/mol. The van der Waals surface area contributed by atoms with Crippen molar-refractivity contribution in [2.24, 2.45) is 17.3 Å². The molecule has 0 radical (unpaired) electrons. The third kappa shape index (κ3) is 4.08. The van der Waals surface area contributed by atoms with Gasteiger partial charge in [0.2, 0.25) is 5.91 Å². The topological polar surface area (TPSA) is 78.5 Å². The van der Waals surface area contributed by atoms with Gasteiger partial charge in [0, 0.05) is 6.54 Å². The van der Waals surface area contributed by atoms with E-state index in [9.17, 15) is 14.4 Å². The summed E-state index contributed by atoms with van der Waals surface area (Å²) in [5, 5.41) is 5.68. The van der Waals surface area contributed by atoms with Crippen molar-refractivity contribution >= 4 is 17.8 Å². The van der Waals surface area contributed by atoms with E-state index in [-0.39, 0.29) is 23.8 Å². The zero-order valence-corrected chi connectivity index (χ0v) is 15.6. The van der Waals surface area contributed by atoms with E-state index >= 15 is 0 Å². The molecule has 1 aliphatic heterocycles. The summed E-state index contributed by atoms with van der Waals surface area (Å²) in [7, 11) is 0. The van der Waals surface area contributed by atoms with Crippen LogP contribution >= 0.6 is 0 Å². The average Bonchev–Trinajstić information content (AvgIpc) is 2.60. The molecule has 2 aliphatic rings. The molecule has 2 fully saturated rings. The Morgan fingerprint density at radius 1 is 1.33 bits per heavy atom. The number of nitrogens with one attached hydrogen (secondary N) is 2. The minimum atomic E-state index is -0.837. The number of carbonyl (C=O) groups excluding carboxylic acids is 3. The highest BCUT2D eigenvalue weighted by Crippen LogP contribution is 2.46. The first-order valence-corrected chi connectivity index (χ1v) is 8.95. The molecule has 0 aromatic heterocycles. The Labute approximate surface area is 144 Å². The van der Waals surface area contributed by atoms with Crippen LogP contribution in [0.3, 0.4) is 0 Å². The van der Waals surface area contributed by atoms with Crippen LogP contribution in [-0.2, 0) is 9.59 Å². The van der Waals surface area contributed by atoms with Gasteiger partial charge in [0.25, 0.3) is 5.91 Å². The molecule has 2 rings (SSSR count). The molecule has 1 saturated heterocycles. The Morgan fingerprint density at radius 2 is 2.00 bits per heavy atom. The molecule has 2 unspecified atom stereocenters. The third-order valence-electron chi connectivity index (χ3n) is 4.97. The molecule has 1 aliphatic carbocycles. The van der Waals surface area contributed by atoms with Gasteiger partial charge in [-0.05, 0) is 42.9 Å². The van der Waals surface area contributed by atoms with E-state index in [1.165, 1.54) is 0 Å². The summed E-state index contributed by atoms with van der Waals surface area (Å²) >= 11 is 0. The molecule has 1 spiro atoms. The second-order valence-electron chi connectivity index (χ2n) is 8.79. The first kappa shape index (κ1) is 18.7. The quantitative estimate of drug-likeness (QED) is 0.756. The van der Waals surface area contributed by atoms with Gasteiger partial charge < -0.3 is 10.6 Å². The van der Waals surface area contributed by atoms with Crippen molar-refractivity contribution in [1.29, 1.82) is 0 Å². The molecule has 136 valence electrons. The smallest absolute Gasteiger partial charge is 0.325 e. The van der Waals surface area contributed by atoms with Crippen LogP contribution in [0.1, 0.15) is 60.3 Å². The molecule has 24 heavy (non-hydrogen) atoms. The SMILES string of the molecule is CC(C)CCNC(=O)CN1C(=O)NC2(CC(C)CC(C)(C)C2)C1=O. The molecule has 0 aromatic rings. The number of carbonyl (C=O) groups is 3. The molecule has 1 saturated carbocycles. The number of hydrogen-bond donors (Lipinski definition) is 2. The fourth-order valence-corrected chi connectivity index (χ4v) is 4.35. The van der Waals surface area contributed by atoms with Crippen LogP contribution in [0.4, 0.5) is 4.79 Å². The third-order valence-corrected chi connectivity index (χ3v) is 4.97. The Bertz CT molecular complexity index is 530. The fourth-order valence-electron chi connectivity index (χ4n) is 4.35. The van der Waals surface area contributed by atoms with Gasteiger partial charge in [-0.1, -0.05) is 34.6 Å². The number of hydrogen-bond acceptors (Lipinski definition) is 3. The van der Waals surface area contributed by atoms with Crippen LogP contribution < -0.4 is 10.6 Å². The minimum absolute atomic E-state index is 0.00383. The summed E-state index contributed by atoms with van der Waals surface area (Å²) in [6.07, 6.45) is 3.18. The van der Waals surface area contributed by atoms with Crippen LogP contribution in [0.25, 0.3) is 0 Å². The highest BCUT2D eigenvalue weighted by Gasteiger charge is 2.56. The van der Waals surface area contributed by atoms with Crippen LogP contribution in [0.2, 0.25) is 0 Å². The van der Waals surface area contributed by atoms with Crippen LogP contribution in [0.5, 0.6) is 0 Å². The van der Waals surface area contributed by atoms with Crippen LogP contribution in [0.15, 0.2) is 0 Å². The molecular weight excluding hydrogens is 306 g/mol. The van der Waals surface area contributed by atoms with Gasteiger partial charge >= 0.3 is 6.03 Å². The zero-order chi connectivity index (χ0) is 18.1. The maximum absolute atomic E-state index is 12.9. The largest absolute Gasteiger partial charge is 0.355 e. The second-order valence-corrected chi connectivity index (χ2v) is 8.79. The molecule has 1 heterocycles. The lowest BCUT2D eigenvalue weighted by Crippen LogP contribution is -2.54. The summed E-state index contributed by atoms with van der Waals surface area (Å²) in [4.78, 5) is 38.3. The van der Waals surface area contributed by atoms with E-state index in [2.05, 4.69) is 45.3 Å². The summed E-state index contributed by atoms with van der Waals surface area (Å²) < 4.78 is 0. The van der Waals surface area contributed by atoms with Gasteiger partial charge in [0.1, 0.15) is 12.1 Å². The van der Waals surface area contributed by atoms with Crippen molar-refractivity contribution in [1.82, 2.24) is 15.5 Å². The summed E-state index contributed by atoms with van der Waals surface area (Å²) in [6, 6.07) is -0.441. The summed E-state index contributed by atoms with van der Waals surface area (Å²) in [6.45, 7) is 10.9. The zero-order valence-electron chi connectivity index (χ0n) is 15.6. The molecule has 4 amide bonds. The van der Waals surface area contributed by atoms with Crippen molar-refractivity contribution in [3.05, 3.63) is 0 Å². The molecular formula is C18H31N3O3. The molecule has 0 aromatic carbocycles. The Kier molecular flexibility index (Phi) is 5.25. The highest BCUT2D eigenvalue weighted by atomic mass is 16.2. The van der Waals surface area contributed by atoms with Crippen molar-refractivity contribution in [3.8, 4) is 0 Å². The lowest BCUT2D eigenvalue weighted by Gasteiger charge is -2.43. The molecule has 0 bridgehead atoms. The Balaban J connectivity index is 2.02. The number of amides is 4. The second kappa shape index (κ2) is 6.73. The number of imide groups is 1. The van der Waals surface area contributed by atoms with E-state index in [4.69, 9.17) is 0 Å². The lowest BCUT2D eigenvalue weighted by atomic mass is 9.64. The van der Waals surface area contributed by atoms with Gasteiger partial charge in [0.15, 0.2) is 0 Å². The van der Waals surface area contributed by atoms with Crippen molar-refractivity contribution in [3.63, 3.8) is 0 Å². The van der Waals surface area contributed by atoms with Gasteiger partial charge in [-0.25, -0.2) is 4.79 Å². The van der Waals surface area contributed by atoms with E-state index in [1.54, 1.807) is 0 Å². The lowest BCUT2D eigenvalue weighted by molar-refractivity contribution is -0.137. The van der Waals surface area contributed by atoms with Crippen molar-refractivity contribution in [2.45, 2.75) is 65.8 Å². The number of rotatable bonds is 5. The predicted octanol–water partition coefficient (Wildman–Crippen LogP) is 2.29. The van der Waals surface area contributed by atoms with E-state index < -0.39 is 11.6 Å². The minimum Gasteiger partial charge on any atom is -0.355 e. The van der Waals surface area contributed by atoms with Crippen LogP contribution in [-0.4, -0.2) is 41.4 Å². The fraction of sp³-hybridized carbons (Fsp3) is 0.833. The van der Waals surface area contributed by atoms with Crippen molar-refractivity contribution in [2.75, 3.05) is 13.1 Å². The maximum atomic E-state index is 12.9. The Morgan fingerprint density at radius 3 is 2.58 bits per heavy atom. The van der Waals surface area contributed by atoms with Gasteiger partial charge in [-0.3, -0.25) is 14.5 Å². The van der Waals surface area contributed by atoms with E-state index in [0.29, 0.717) is 31.2 Å². The first-order chi connectivity index (χ1) is 11.0.